The molecule has 10 nitrogen and oxygen atoms in total. The van der Waals surface area contributed by atoms with E-state index in [9.17, 15) is 19.5 Å². The molecule has 0 aromatic heterocycles. The molecule has 1 saturated heterocycles. The van der Waals surface area contributed by atoms with E-state index < -0.39 is 11.6 Å². The summed E-state index contributed by atoms with van der Waals surface area (Å²) in [4.78, 5) is 47.3. The summed E-state index contributed by atoms with van der Waals surface area (Å²) in [6.45, 7) is 11.6. The van der Waals surface area contributed by atoms with Gasteiger partial charge in [-0.25, -0.2) is 4.79 Å². The van der Waals surface area contributed by atoms with Crippen molar-refractivity contribution >= 4 is 46.4 Å². The van der Waals surface area contributed by atoms with E-state index in [1.165, 1.54) is 0 Å². The second-order valence-corrected chi connectivity index (χ2v) is 16.2. The molecule has 286 valence electrons. The summed E-state index contributed by atoms with van der Waals surface area (Å²) in [5.74, 6) is 1.29. The molecule has 2 amide bonds. The van der Waals surface area contributed by atoms with Crippen LogP contribution < -0.4 is 14.5 Å². The van der Waals surface area contributed by atoms with Gasteiger partial charge >= 0.3 is 5.97 Å². The lowest BCUT2D eigenvalue weighted by molar-refractivity contribution is -0.139. The summed E-state index contributed by atoms with van der Waals surface area (Å²) in [6, 6.07) is 22.4. The number of ether oxygens (including phenoxy) is 2. The number of fused-ring (bicyclic) bond motifs is 7. The first kappa shape index (κ1) is 36.7. The van der Waals surface area contributed by atoms with E-state index in [0.717, 1.165) is 34.5 Å². The maximum Gasteiger partial charge on any atom is 0.340 e. The first-order valence-electron chi connectivity index (χ1n) is 19.2. The zero-order valence-electron chi connectivity index (χ0n) is 32.0. The van der Waals surface area contributed by atoms with Crippen LogP contribution in [0, 0.1) is 0 Å². The zero-order valence-corrected chi connectivity index (χ0v) is 32.8. The van der Waals surface area contributed by atoms with Crippen molar-refractivity contribution in [2.24, 2.45) is 0 Å². The summed E-state index contributed by atoms with van der Waals surface area (Å²) in [7, 11) is 1.90. The minimum Gasteiger partial charge on any atom is -0.508 e. The molecule has 8 rings (SSSR count). The number of piperazine rings is 1. The molecule has 0 radical (unpaired) electrons. The third-order valence-electron chi connectivity index (χ3n) is 11.9. The van der Waals surface area contributed by atoms with Crippen molar-refractivity contribution in [2.75, 3.05) is 49.6 Å². The average molecular weight is 763 g/mol. The van der Waals surface area contributed by atoms with Gasteiger partial charge in [0.15, 0.2) is 5.60 Å². The van der Waals surface area contributed by atoms with Crippen molar-refractivity contribution in [1.29, 1.82) is 0 Å². The topological polar surface area (TPSA) is 103 Å². The highest BCUT2D eigenvalue weighted by Gasteiger charge is 2.54. The number of phenolic OH excluding ortho intramolecular Hbond substituents is 1. The first-order chi connectivity index (χ1) is 26.3. The Balaban J connectivity index is 1.16. The molecule has 1 fully saturated rings. The molecule has 11 heteroatoms. The Hall–Kier alpha value is -5.22. The van der Waals surface area contributed by atoms with Crippen LogP contribution in [0.4, 0.5) is 17.1 Å². The van der Waals surface area contributed by atoms with Crippen LogP contribution >= 0.6 is 11.6 Å². The lowest BCUT2D eigenvalue weighted by Gasteiger charge is -2.49. The fourth-order valence-corrected chi connectivity index (χ4v) is 9.41. The molecule has 2 atom stereocenters. The predicted octanol–water partition coefficient (Wildman–Crippen LogP) is 8.33. The molecule has 0 saturated carbocycles. The number of hydrogen-bond acceptors (Lipinski definition) is 8. The number of rotatable bonds is 7. The maximum absolute atomic E-state index is 13.7. The monoisotopic (exact) mass is 762 g/mol. The van der Waals surface area contributed by atoms with Gasteiger partial charge in [-0.2, -0.15) is 0 Å². The van der Waals surface area contributed by atoms with E-state index >= 15 is 0 Å². The molecule has 4 heterocycles. The fraction of sp³-hybridized carbons (Fsp3) is 0.386. The van der Waals surface area contributed by atoms with Gasteiger partial charge in [-0.1, -0.05) is 43.6 Å². The number of halogens is 1. The molecule has 4 aliphatic heterocycles. The number of carbonyl (C=O) groups excluding carboxylic acids is 3. The van der Waals surface area contributed by atoms with E-state index in [2.05, 4.69) is 37.8 Å². The number of esters is 1. The molecule has 1 N–H and O–H groups in total. The Kier molecular flexibility index (Phi) is 9.23. The van der Waals surface area contributed by atoms with Gasteiger partial charge in [0.25, 0.3) is 0 Å². The average Bonchev–Trinajstić information content (AvgIpc) is 3.47. The van der Waals surface area contributed by atoms with Crippen molar-refractivity contribution in [3.8, 4) is 17.2 Å². The lowest BCUT2D eigenvalue weighted by Crippen LogP contribution is -2.51. The maximum atomic E-state index is 13.7. The third-order valence-corrected chi connectivity index (χ3v) is 12.2. The van der Waals surface area contributed by atoms with Crippen LogP contribution in [0.1, 0.15) is 91.9 Å². The van der Waals surface area contributed by atoms with E-state index in [1.807, 2.05) is 71.1 Å². The van der Waals surface area contributed by atoms with E-state index in [4.69, 9.17) is 21.1 Å². The van der Waals surface area contributed by atoms with Crippen LogP contribution in [0.25, 0.3) is 0 Å². The van der Waals surface area contributed by atoms with Gasteiger partial charge in [-0.3, -0.25) is 9.59 Å². The smallest absolute Gasteiger partial charge is 0.340 e. The molecule has 1 spiro atoms. The molecular formula is C44H47ClN4O6. The Bertz CT molecular complexity index is 2200. The molecule has 4 aromatic rings. The third kappa shape index (κ3) is 6.15. The van der Waals surface area contributed by atoms with Crippen molar-refractivity contribution in [2.45, 2.75) is 70.4 Å². The number of hydrogen-bond donors (Lipinski definition) is 1. The zero-order chi connectivity index (χ0) is 38.8. The molecule has 0 bridgehead atoms. The van der Waals surface area contributed by atoms with Crippen LogP contribution in [-0.4, -0.2) is 78.0 Å². The van der Waals surface area contributed by atoms with Gasteiger partial charge in [0.05, 0.1) is 16.3 Å². The summed E-state index contributed by atoms with van der Waals surface area (Å²) >= 11 is 7.09. The number of anilines is 3. The summed E-state index contributed by atoms with van der Waals surface area (Å²) in [6.07, 6.45) is 2.46. The molecule has 55 heavy (non-hydrogen) atoms. The molecule has 4 aromatic carbocycles. The first-order valence-corrected chi connectivity index (χ1v) is 19.6. The fourth-order valence-electron chi connectivity index (χ4n) is 9.12. The van der Waals surface area contributed by atoms with Gasteiger partial charge < -0.3 is 34.2 Å². The minimum atomic E-state index is -1.29. The van der Waals surface area contributed by atoms with Gasteiger partial charge in [-0.05, 0) is 80.6 Å². The normalized spacial score (nSPS) is 20.6. The Morgan fingerprint density at radius 1 is 0.909 bits per heavy atom. The van der Waals surface area contributed by atoms with Crippen molar-refractivity contribution in [3.05, 3.63) is 106 Å². The molecule has 4 aliphatic rings. The Labute approximate surface area is 327 Å². The number of amides is 2. The van der Waals surface area contributed by atoms with Crippen molar-refractivity contribution < 1.29 is 29.0 Å². The summed E-state index contributed by atoms with van der Waals surface area (Å²) in [5, 5.41) is 10.4. The quantitative estimate of drug-likeness (QED) is 0.188. The largest absolute Gasteiger partial charge is 0.508 e. The summed E-state index contributed by atoms with van der Waals surface area (Å²) in [5.41, 5.74) is 4.79. The number of benzene rings is 4. The number of phenols is 1. The number of nitrogens with zero attached hydrogens (tertiary/aromatic N) is 4. The van der Waals surface area contributed by atoms with E-state index in [1.54, 1.807) is 18.2 Å². The number of carbonyl (C=O) groups is 3. The number of aromatic hydroxyl groups is 1. The molecule has 2 unspecified atom stereocenters. The second-order valence-electron chi connectivity index (χ2n) is 15.8. The van der Waals surface area contributed by atoms with Crippen molar-refractivity contribution in [1.82, 2.24) is 9.80 Å². The van der Waals surface area contributed by atoms with Gasteiger partial charge in [0.1, 0.15) is 17.2 Å². The van der Waals surface area contributed by atoms with Gasteiger partial charge in [-0.15, -0.1) is 0 Å². The van der Waals surface area contributed by atoms with Gasteiger partial charge in [0, 0.05) is 98.3 Å². The van der Waals surface area contributed by atoms with Crippen LogP contribution in [0.2, 0.25) is 5.02 Å². The van der Waals surface area contributed by atoms with E-state index in [0.29, 0.717) is 85.3 Å². The molecular weight excluding hydrogens is 716 g/mol. The highest BCUT2D eigenvalue weighted by atomic mass is 35.5. The minimum absolute atomic E-state index is 0.118. The predicted molar refractivity (Wildman–Crippen MR) is 213 cm³/mol. The van der Waals surface area contributed by atoms with Crippen LogP contribution in [0.15, 0.2) is 72.8 Å². The Morgan fingerprint density at radius 3 is 2.27 bits per heavy atom. The SMILES string of the molecule is CCC(=O)N1CCN(C(=O)CCCN2c3cc4c(cc3C(C)CC2(C)C)C2(OC(=O)c3ccccc32)c2cc(Cl)c(N(C)c3ccc(O)cc3)cc2O4)CC1. The van der Waals surface area contributed by atoms with Gasteiger partial charge in [0.2, 0.25) is 11.8 Å². The lowest BCUT2D eigenvalue weighted by atomic mass is 9.74. The highest BCUT2D eigenvalue weighted by Crippen LogP contribution is 2.60. The van der Waals surface area contributed by atoms with E-state index in [-0.39, 0.29) is 29.0 Å². The summed E-state index contributed by atoms with van der Waals surface area (Å²) < 4.78 is 13.4. The highest BCUT2D eigenvalue weighted by molar-refractivity contribution is 6.33. The standard InChI is InChI=1S/C44H47ClN4O6/c1-6-40(51)47-18-20-48(21-19-47)41(52)12-9-17-49-36-24-38-33(22-31(36)27(2)26-43(49,3)4)44(32-11-8-7-10-30(32)42(53)55-44)34-23-35(45)37(25-39(34)54-38)46(5)28-13-15-29(50)16-14-28/h7-8,10-11,13-16,22-25,27,50H,6,9,12,17-21,26H2,1-5H3. The van der Waals surface area contributed by atoms with Crippen LogP contribution in [-0.2, 0) is 19.9 Å². The Morgan fingerprint density at radius 2 is 1.56 bits per heavy atom. The van der Waals surface area contributed by atoms with Crippen LogP contribution in [0.3, 0.4) is 0 Å². The van der Waals surface area contributed by atoms with Crippen LogP contribution in [0.5, 0.6) is 17.2 Å². The van der Waals surface area contributed by atoms with Crippen molar-refractivity contribution in [3.63, 3.8) is 0 Å². The second kappa shape index (κ2) is 13.8. The molecule has 0 aliphatic carbocycles.